The summed E-state index contributed by atoms with van der Waals surface area (Å²) in [5, 5.41) is 3.00. The van der Waals surface area contributed by atoms with Gasteiger partial charge in [0, 0.05) is 24.7 Å². The number of carbonyl (C=O) groups is 3. The van der Waals surface area contributed by atoms with E-state index in [4.69, 9.17) is 18.9 Å². The molecule has 0 spiro atoms. The standard InChI is InChI=1S/C25H30N2O7/c1-3-31-21-7-5-6-8-22(21)33-17-23(28)27-15-13-19(14-16-27)26-24(29)18-9-11-20(12-10-18)34-25(30)32-4-2/h5-12,19H,3-4,13-17H2,1-2H3,(H,26,29). The molecule has 0 aliphatic carbocycles. The van der Waals surface area contributed by atoms with Gasteiger partial charge in [-0.2, -0.15) is 0 Å². The highest BCUT2D eigenvalue weighted by molar-refractivity contribution is 5.94. The van der Waals surface area contributed by atoms with Crippen LogP contribution in [0.5, 0.6) is 17.2 Å². The Morgan fingerprint density at radius 3 is 2.18 bits per heavy atom. The molecular formula is C25H30N2O7. The fraction of sp³-hybridized carbons (Fsp3) is 0.400. The van der Waals surface area contributed by atoms with Crippen molar-refractivity contribution >= 4 is 18.0 Å². The lowest BCUT2D eigenvalue weighted by atomic mass is 10.0. The summed E-state index contributed by atoms with van der Waals surface area (Å²) in [4.78, 5) is 38.2. The van der Waals surface area contributed by atoms with Gasteiger partial charge in [-0.05, 0) is 63.1 Å². The highest BCUT2D eigenvalue weighted by atomic mass is 16.7. The molecular weight excluding hydrogens is 440 g/mol. The molecule has 3 rings (SSSR count). The Morgan fingerprint density at radius 2 is 1.56 bits per heavy atom. The average Bonchev–Trinajstić information content (AvgIpc) is 2.84. The summed E-state index contributed by atoms with van der Waals surface area (Å²) in [6.07, 6.45) is 0.513. The minimum atomic E-state index is -0.787. The van der Waals surface area contributed by atoms with Gasteiger partial charge in [0.05, 0.1) is 13.2 Å². The number of piperidine rings is 1. The van der Waals surface area contributed by atoms with E-state index in [-0.39, 0.29) is 31.1 Å². The first-order valence-corrected chi connectivity index (χ1v) is 11.4. The van der Waals surface area contributed by atoms with Crippen molar-refractivity contribution in [2.75, 3.05) is 32.9 Å². The lowest BCUT2D eigenvalue weighted by Crippen LogP contribution is -2.47. The molecule has 0 saturated carbocycles. The Labute approximate surface area is 198 Å². The molecule has 1 heterocycles. The molecule has 1 saturated heterocycles. The zero-order valence-corrected chi connectivity index (χ0v) is 19.5. The van der Waals surface area contributed by atoms with Gasteiger partial charge in [-0.25, -0.2) is 4.79 Å². The topological polar surface area (TPSA) is 103 Å². The average molecular weight is 471 g/mol. The monoisotopic (exact) mass is 470 g/mol. The predicted molar refractivity (Wildman–Crippen MR) is 124 cm³/mol. The third-order valence-electron chi connectivity index (χ3n) is 5.26. The van der Waals surface area contributed by atoms with Crippen molar-refractivity contribution in [2.45, 2.75) is 32.7 Å². The largest absolute Gasteiger partial charge is 0.513 e. The number of hydrogen-bond acceptors (Lipinski definition) is 7. The Hall–Kier alpha value is -3.75. The van der Waals surface area contributed by atoms with Crippen LogP contribution < -0.4 is 19.5 Å². The van der Waals surface area contributed by atoms with Crippen molar-refractivity contribution in [3.63, 3.8) is 0 Å². The summed E-state index contributed by atoms with van der Waals surface area (Å²) in [5.74, 6) is 1.13. The van der Waals surface area contributed by atoms with Crippen LogP contribution in [0.2, 0.25) is 0 Å². The van der Waals surface area contributed by atoms with Crippen molar-refractivity contribution in [1.82, 2.24) is 10.2 Å². The van der Waals surface area contributed by atoms with E-state index in [0.29, 0.717) is 55.4 Å². The number of ether oxygens (including phenoxy) is 4. The molecule has 0 aromatic heterocycles. The summed E-state index contributed by atoms with van der Waals surface area (Å²) in [5.41, 5.74) is 0.455. The third kappa shape index (κ3) is 7.13. The molecule has 182 valence electrons. The predicted octanol–water partition coefficient (Wildman–Crippen LogP) is 3.42. The van der Waals surface area contributed by atoms with E-state index in [1.165, 1.54) is 12.1 Å². The van der Waals surface area contributed by atoms with E-state index in [0.717, 1.165) is 0 Å². The van der Waals surface area contributed by atoms with Gasteiger partial charge in [0.25, 0.3) is 11.8 Å². The van der Waals surface area contributed by atoms with Gasteiger partial charge < -0.3 is 29.2 Å². The molecule has 34 heavy (non-hydrogen) atoms. The second-order valence-corrected chi connectivity index (χ2v) is 7.61. The number of rotatable bonds is 9. The molecule has 9 heteroatoms. The van der Waals surface area contributed by atoms with Gasteiger partial charge in [0.15, 0.2) is 18.1 Å². The maximum atomic E-state index is 12.6. The maximum absolute atomic E-state index is 12.6. The minimum Gasteiger partial charge on any atom is -0.490 e. The first-order valence-electron chi connectivity index (χ1n) is 11.4. The quantitative estimate of drug-likeness (QED) is 0.442. The van der Waals surface area contributed by atoms with Crippen molar-refractivity contribution in [3.05, 3.63) is 54.1 Å². The smallest absolute Gasteiger partial charge is 0.490 e. The zero-order valence-electron chi connectivity index (χ0n) is 19.5. The SMILES string of the molecule is CCOC(=O)Oc1ccc(C(=O)NC2CCN(C(=O)COc3ccccc3OCC)CC2)cc1. The number of hydrogen-bond donors (Lipinski definition) is 1. The molecule has 1 aliphatic heterocycles. The fourth-order valence-electron chi connectivity index (χ4n) is 3.53. The highest BCUT2D eigenvalue weighted by Crippen LogP contribution is 2.26. The van der Waals surface area contributed by atoms with Crippen LogP contribution in [-0.2, 0) is 9.53 Å². The van der Waals surface area contributed by atoms with E-state index in [9.17, 15) is 14.4 Å². The molecule has 2 aromatic rings. The number of carbonyl (C=O) groups excluding carboxylic acids is 3. The number of nitrogens with one attached hydrogen (secondary N) is 1. The summed E-state index contributed by atoms with van der Waals surface area (Å²) in [7, 11) is 0. The summed E-state index contributed by atoms with van der Waals surface area (Å²) >= 11 is 0. The molecule has 2 aromatic carbocycles. The minimum absolute atomic E-state index is 0.0355. The number of amides is 2. The number of para-hydroxylation sites is 2. The third-order valence-corrected chi connectivity index (χ3v) is 5.26. The van der Waals surface area contributed by atoms with E-state index in [1.54, 1.807) is 36.1 Å². The van der Waals surface area contributed by atoms with Crippen LogP contribution in [0.4, 0.5) is 4.79 Å². The second kappa shape index (κ2) is 12.5. The Bertz CT molecular complexity index is 969. The van der Waals surface area contributed by atoms with Gasteiger partial charge in [0.1, 0.15) is 5.75 Å². The first kappa shape index (κ1) is 24.9. The molecule has 9 nitrogen and oxygen atoms in total. The molecule has 1 fully saturated rings. The van der Waals surface area contributed by atoms with Crippen molar-refractivity contribution < 1.29 is 33.3 Å². The molecule has 2 amide bonds. The molecule has 0 radical (unpaired) electrons. The number of nitrogens with zero attached hydrogens (tertiary/aromatic N) is 1. The highest BCUT2D eigenvalue weighted by Gasteiger charge is 2.24. The van der Waals surface area contributed by atoms with E-state index >= 15 is 0 Å². The van der Waals surface area contributed by atoms with Crippen molar-refractivity contribution in [1.29, 1.82) is 0 Å². The number of benzene rings is 2. The number of likely N-dealkylation sites (tertiary alicyclic amines) is 1. The Morgan fingerprint density at radius 1 is 0.912 bits per heavy atom. The van der Waals surface area contributed by atoms with Crippen LogP contribution in [0.25, 0.3) is 0 Å². The second-order valence-electron chi connectivity index (χ2n) is 7.61. The molecule has 1 N–H and O–H groups in total. The van der Waals surface area contributed by atoms with Crippen LogP contribution in [0, 0.1) is 0 Å². The summed E-state index contributed by atoms with van der Waals surface area (Å²) in [6, 6.07) is 13.5. The van der Waals surface area contributed by atoms with Crippen LogP contribution in [-0.4, -0.2) is 61.8 Å². The van der Waals surface area contributed by atoms with E-state index in [2.05, 4.69) is 5.32 Å². The molecule has 0 bridgehead atoms. The Kier molecular flexibility index (Phi) is 9.13. The van der Waals surface area contributed by atoms with Crippen LogP contribution in [0.3, 0.4) is 0 Å². The zero-order chi connectivity index (χ0) is 24.3. The Balaban J connectivity index is 1.42. The fourth-order valence-corrected chi connectivity index (χ4v) is 3.53. The van der Waals surface area contributed by atoms with Gasteiger partial charge in [-0.1, -0.05) is 12.1 Å². The van der Waals surface area contributed by atoms with Gasteiger partial charge in [-0.15, -0.1) is 0 Å². The lowest BCUT2D eigenvalue weighted by Gasteiger charge is -2.32. The lowest BCUT2D eigenvalue weighted by molar-refractivity contribution is -0.134. The van der Waals surface area contributed by atoms with E-state index in [1.807, 2.05) is 19.1 Å². The van der Waals surface area contributed by atoms with Crippen LogP contribution in [0.15, 0.2) is 48.5 Å². The maximum Gasteiger partial charge on any atom is 0.513 e. The molecule has 1 aliphatic rings. The molecule has 0 atom stereocenters. The van der Waals surface area contributed by atoms with Crippen LogP contribution >= 0.6 is 0 Å². The van der Waals surface area contributed by atoms with Gasteiger partial charge in [-0.3, -0.25) is 9.59 Å². The summed E-state index contributed by atoms with van der Waals surface area (Å²) in [6.45, 7) is 5.31. The van der Waals surface area contributed by atoms with Crippen molar-refractivity contribution in [3.8, 4) is 17.2 Å². The summed E-state index contributed by atoms with van der Waals surface area (Å²) < 4.78 is 20.9. The molecule has 0 unspecified atom stereocenters. The van der Waals surface area contributed by atoms with Crippen LogP contribution in [0.1, 0.15) is 37.0 Å². The first-order chi connectivity index (χ1) is 16.5. The van der Waals surface area contributed by atoms with E-state index < -0.39 is 6.16 Å². The van der Waals surface area contributed by atoms with Crippen molar-refractivity contribution in [2.24, 2.45) is 0 Å². The van der Waals surface area contributed by atoms with Gasteiger partial charge >= 0.3 is 6.16 Å². The normalized spacial score (nSPS) is 13.6. The van der Waals surface area contributed by atoms with Gasteiger partial charge in [0.2, 0.25) is 0 Å².